The summed E-state index contributed by atoms with van der Waals surface area (Å²) in [5, 5.41) is 0.970. The summed E-state index contributed by atoms with van der Waals surface area (Å²) >= 11 is 0. The topological polar surface area (TPSA) is 31.4 Å². The Morgan fingerprint density at radius 3 is 2.41 bits per heavy atom. The summed E-state index contributed by atoms with van der Waals surface area (Å²) in [5.41, 5.74) is -0.0848. The lowest BCUT2D eigenvalue weighted by molar-refractivity contribution is 0.00578. The number of benzene rings is 1. The molecule has 0 N–H and O–H groups in total. The van der Waals surface area contributed by atoms with Gasteiger partial charge in [0.15, 0.2) is 0 Å². The first-order chi connectivity index (χ1) is 10.3. The fraction of sp³-hybridized carbons (Fsp3) is 0.353. The average Bonchev–Trinajstić information content (AvgIpc) is 2.68. The fourth-order valence-corrected chi connectivity index (χ4v) is 2.42. The van der Waals surface area contributed by atoms with Crippen molar-refractivity contribution >= 4 is 24.1 Å². The first-order valence-electron chi connectivity index (χ1n) is 7.37. The lowest BCUT2D eigenvalue weighted by Crippen LogP contribution is -2.41. The molecule has 1 aliphatic heterocycles. The van der Waals surface area contributed by atoms with E-state index in [-0.39, 0.29) is 0 Å². The van der Waals surface area contributed by atoms with Crippen molar-refractivity contribution in [2.75, 3.05) is 0 Å². The van der Waals surface area contributed by atoms with Crippen molar-refractivity contribution in [2.24, 2.45) is 0 Å². The van der Waals surface area contributed by atoms with Crippen molar-refractivity contribution in [2.45, 2.75) is 38.9 Å². The zero-order valence-corrected chi connectivity index (χ0v) is 13.3. The summed E-state index contributed by atoms with van der Waals surface area (Å²) in [4.78, 5) is 4.33. The maximum atomic E-state index is 14.6. The van der Waals surface area contributed by atoms with Gasteiger partial charge in [0, 0.05) is 17.1 Å². The quantitative estimate of drug-likeness (QED) is 0.780. The van der Waals surface area contributed by atoms with Crippen molar-refractivity contribution < 1.29 is 13.7 Å². The summed E-state index contributed by atoms with van der Waals surface area (Å²) in [5.74, 6) is 0. The van der Waals surface area contributed by atoms with E-state index in [0.29, 0.717) is 5.56 Å². The molecule has 1 fully saturated rings. The number of halogens is 1. The number of aromatic nitrogens is 1. The minimum atomic E-state index is -0.982. The monoisotopic (exact) mass is 299 g/mol. The number of rotatable bonds is 2. The van der Waals surface area contributed by atoms with E-state index < -0.39 is 24.0 Å². The predicted molar refractivity (Wildman–Crippen MR) is 86.9 cm³/mol. The van der Waals surface area contributed by atoms with Gasteiger partial charge in [0.1, 0.15) is 5.73 Å². The van der Waals surface area contributed by atoms with Crippen LogP contribution in [0.25, 0.3) is 17.0 Å². The first kappa shape index (κ1) is 15.2. The summed E-state index contributed by atoms with van der Waals surface area (Å²) < 4.78 is 26.0. The van der Waals surface area contributed by atoms with E-state index in [1.165, 1.54) is 6.08 Å². The molecule has 3 rings (SSSR count). The summed E-state index contributed by atoms with van der Waals surface area (Å²) in [6.45, 7) is 7.61. The zero-order chi connectivity index (χ0) is 16.0. The van der Waals surface area contributed by atoms with Crippen LogP contribution in [-0.2, 0) is 9.31 Å². The molecule has 2 heterocycles. The summed E-state index contributed by atoms with van der Waals surface area (Å²) in [7, 11) is -0.982. The van der Waals surface area contributed by atoms with Gasteiger partial charge in [-0.25, -0.2) is 4.39 Å². The molecule has 1 aromatic carbocycles. The van der Waals surface area contributed by atoms with Crippen molar-refractivity contribution in [3.63, 3.8) is 0 Å². The second-order valence-corrected chi connectivity index (χ2v) is 6.54. The van der Waals surface area contributed by atoms with Gasteiger partial charge in [-0.2, -0.15) is 0 Å². The second kappa shape index (κ2) is 5.18. The van der Waals surface area contributed by atoms with E-state index in [4.69, 9.17) is 9.31 Å². The summed E-state index contributed by atoms with van der Waals surface area (Å²) in [6, 6.07) is 9.48. The molecule has 114 valence electrons. The van der Waals surface area contributed by atoms with Gasteiger partial charge in [0.25, 0.3) is 0 Å². The smallest absolute Gasteiger partial charge is 0.398 e. The Balaban J connectivity index is 1.95. The highest BCUT2D eigenvalue weighted by Gasteiger charge is 2.53. The van der Waals surface area contributed by atoms with Crippen LogP contribution in [-0.4, -0.2) is 23.3 Å². The Morgan fingerprint density at radius 1 is 1.09 bits per heavy atom. The minimum absolute atomic E-state index is 0.447. The third kappa shape index (κ3) is 2.55. The van der Waals surface area contributed by atoms with Crippen LogP contribution >= 0.6 is 0 Å². The van der Waals surface area contributed by atoms with Crippen molar-refractivity contribution in [1.29, 1.82) is 0 Å². The molecule has 22 heavy (non-hydrogen) atoms. The Labute approximate surface area is 130 Å². The van der Waals surface area contributed by atoms with Crippen molar-refractivity contribution in [1.82, 2.24) is 4.98 Å². The van der Waals surface area contributed by atoms with Crippen LogP contribution in [0.15, 0.2) is 42.3 Å². The van der Waals surface area contributed by atoms with Gasteiger partial charge in [-0.05, 0) is 39.8 Å². The molecule has 0 radical (unpaired) electrons. The molecule has 1 saturated heterocycles. The molecule has 0 atom stereocenters. The number of hydrogen-bond donors (Lipinski definition) is 0. The molecule has 0 aliphatic carbocycles. The Bertz CT molecular complexity index is 721. The van der Waals surface area contributed by atoms with E-state index in [1.54, 1.807) is 6.20 Å². The fourth-order valence-electron chi connectivity index (χ4n) is 2.42. The highest BCUT2D eigenvalue weighted by atomic mass is 19.1. The zero-order valence-electron chi connectivity index (χ0n) is 13.3. The van der Waals surface area contributed by atoms with Gasteiger partial charge < -0.3 is 9.31 Å². The van der Waals surface area contributed by atoms with Crippen LogP contribution in [0.4, 0.5) is 4.39 Å². The predicted octanol–water partition coefficient (Wildman–Crippen LogP) is 4.18. The highest BCUT2D eigenvalue weighted by molar-refractivity contribution is 6.54. The highest BCUT2D eigenvalue weighted by Crippen LogP contribution is 2.39. The third-order valence-corrected chi connectivity index (χ3v) is 4.44. The van der Waals surface area contributed by atoms with Crippen molar-refractivity contribution in [3.05, 3.63) is 47.8 Å². The maximum absolute atomic E-state index is 14.6. The Morgan fingerprint density at radius 2 is 1.73 bits per heavy atom. The lowest BCUT2D eigenvalue weighted by Gasteiger charge is -2.32. The van der Waals surface area contributed by atoms with Gasteiger partial charge >= 0.3 is 7.12 Å². The molecule has 0 saturated carbocycles. The van der Waals surface area contributed by atoms with Gasteiger partial charge in [-0.3, -0.25) is 4.98 Å². The largest absolute Gasteiger partial charge is 0.525 e. The molecule has 0 unspecified atom stereocenters. The first-order valence-corrected chi connectivity index (χ1v) is 7.37. The molecule has 3 nitrogen and oxygen atoms in total. The number of pyridine rings is 1. The van der Waals surface area contributed by atoms with Crippen LogP contribution in [0.1, 0.15) is 33.3 Å². The van der Waals surface area contributed by atoms with Crippen LogP contribution < -0.4 is 0 Å². The molecular weight excluding hydrogens is 280 g/mol. The molecule has 1 aliphatic rings. The average molecular weight is 299 g/mol. The van der Waals surface area contributed by atoms with Gasteiger partial charge in [0.05, 0.1) is 16.7 Å². The van der Waals surface area contributed by atoms with E-state index in [1.807, 2.05) is 58.0 Å². The third-order valence-electron chi connectivity index (χ3n) is 4.44. The molecule has 0 amide bonds. The summed E-state index contributed by atoms with van der Waals surface area (Å²) in [6.07, 6.45) is 3.14. The minimum Gasteiger partial charge on any atom is -0.398 e. The number of nitrogens with zero attached hydrogens (tertiary/aromatic N) is 1. The van der Waals surface area contributed by atoms with Crippen LogP contribution in [0, 0.1) is 0 Å². The normalized spacial score (nSPS) is 20.6. The Kier molecular flexibility index (Phi) is 3.58. The van der Waals surface area contributed by atoms with Gasteiger partial charge in [-0.1, -0.05) is 24.3 Å². The molecule has 2 aromatic rings. The molecule has 5 heteroatoms. The molecule has 0 bridgehead atoms. The standard InChI is InChI=1S/C17H19BFNO2/c1-16(2)17(3,4)22-18(21-16)14(19)11-13-8-5-7-12-9-6-10-20-15(12)13/h5-11H,1-4H3. The van der Waals surface area contributed by atoms with Gasteiger partial charge in [-0.15, -0.1) is 0 Å². The lowest BCUT2D eigenvalue weighted by atomic mass is 9.86. The maximum Gasteiger partial charge on any atom is 0.525 e. The van der Waals surface area contributed by atoms with Crippen LogP contribution in [0.3, 0.4) is 0 Å². The van der Waals surface area contributed by atoms with E-state index >= 15 is 0 Å². The van der Waals surface area contributed by atoms with Crippen LogP contribution in [0.2, 0.25) is 0 Å². The molecule has 0 spiro atoms. The molecular formula is C17H19BFNO2. The Hall–Kier alpha value is -1.72. The molecule has 1 aromatic heterocycles. The van der Waals surface area contributed by atoms with E-state index in [2.05, 4.69) is 4.98 Å². The number of para-hydroxylation sites is 1. The second-order valence-electron chi connectivity index (χ2n) is 6.54. The van der Waals surface area contributed by atoms with Crippen molar-refractivity contribution in [3.8, 4) is 0 Å². The number of fused-ring (bicyclic) bond motifs is 1. The van der Waals surface area contributed by atoms with E-state index in [0.717, 1.165) is 10.9 Å². The van der Waals surface area contributed by atoms with Gasteiger partial charge in [0.2, 0.25) is 0 Å². The van der Waals surface area contributed by atoms with E-state index in [9.17, 15) is 4.39 Å². The number of hydrogen-bond acceptors (Lipinski definition) is 3. The SMILES string of the molecule is CC1(C)OB(C(F)=Cc2cccc3cccnc23)OC1(C)C. The van der Waals surface area contributed by atoms with Crippen LogP contribution in [0.5, 0.6) is 0 Å².